The van der Waals surface area contributed by atoms with Crippen LogP contribution in [0.2, 0.25) is 0 Å². The van der Waals surface area contributed by atoms with Gasteiger partial charge in [-0.3, -0.25) is 0 Å². The van der Waals surface area contributed by atoms with Crippen LogP contribution in [0.25, 0.3) is 0 Å². The van der Waals surface area contributed by atoms with Gasteiger partial charge in [0.2, 0.25) is 0 Å². The normalized spacial score (nSPS) is 27.7. The molecule has 3 saturated heterocycles. The Labute approximate surface area is 154 Å². The molecule has 6 nitrogen and oxygen atoms in total. The topological polar surface area (TPSA) is 55.4 Å². The van der Waals surface area contributed by atoms with Crippen molar-refractivity contribution >= 4 is 0 Å². The first kappa shape index (κ1) is 24.8. The average molecular weight is 365 g/mol. The molecule has 0 bridgehead atoms. The van der Waals surface area contributed by atoms with Crippen LogP contribution in [-0.2, 0) is 28.4 Å². The van der Waals surface area contributed by atoms with Gasteiger partial charge in [-0.15, -0.1) is 0 Å². The molecule has 3 rings (SSSR count). The Bertz CT molecular complexity index is 258. The van der Waals surface area contributed by atoms with Crippen LogP contribution in [0.4, 0.5) is 0 Å². The number of hydrogen-bond donors (Lipinski definition) is 0. The van der Waals surface area contributed by atoms with Gasteiger partial charge in [0.15, 0.2) is 0 Å². The highest BCUT2D eigenvalue weighted by Crippen LogP contribution is 2.12. The zero-order chi connectivity index (χ0) is 17.5. The largest absolute Gasteiger partial charge is 0.382 e. The van der Waals surface area contributed by atoms with E-state index < -0.39 is 0 Å². The van der Waals surface area contributed by atoms with Gasteiger partial charge in [-0.05, 0) is 38.5 Å². The van der Waals surface area contributed by atoms with Crippen LogP contribution in [0.1, 0.15) is 46.0 Å². The first-order valence-corrected chi connectivity index (χ1v) is 9.11. The van der Waals surface area contributed by atoms with Crippen molar-refractivity contribution in [2.24, 2.45) is 0 Å². The Hall–Kier alpha value is -0.240. The second-order valence-corrected chi connectivity index (χ2v) is 6.27. The van der Waals surface area contributed by atoms with Gasteiger partial charge in [-0.1, -0.05) is 7.43 Å². The van der Waals surface area contributed by atoms with E-state index >= 15 is 0 Å². The summed E-state index contributed by atoms with van der Waals surface area (Å²) in [4.78, 5) is 0. The van der Waals surface area contributed by atoms with Crippen LogP contribution in [0.3, 0.4) is 0 Å². The summed E-state index contributed by atoms with van der Waals surface area (Å²) in [6.45, 7) is 5.07. The van der Waals surface area contributed by atoms with Crippen LogP contribution in [-0.4, -0.2) is 79.3 Å². The van der Waals surface area contributed by atoms with Crippen molar-refractivity contribution in [2.45, 2.75) is 64.3 Å². The summed E-state index contributed by atoms with van der Waals surface area (Å²) in [5.41, 5.74) is 0. The van der Waals surface area contributed by atoms with Crippen molar-refractivity contribution in [3.8, 4) is 0 Å². The van der Waals surface area contributed by atoms with Crippen LogP contribution in [0, 0.1) is 0 Å². The molecule has 3 aliphatic heterocycles. The second-order valence-electron chi connectivity index (χ2n) is 6.27. The highest BCUT2D eigenvalue weighted by Gasteiger charge is 2.16. The average Bonchev–Trinajstić information content (AvgIpc) is 3.07. The molecule has 3 fully saturated rings. The quantitative estimate of drug-likeness (QED) is 0.722. The molecule has 0 amide bonds. The zero-order valence-corrected chi connectivity index (χ0v) is 15.7. The Morgan fingerprint density at radius 2 is 1.00 bits per heavy atom. The molecule has 0 radical (unpaired) electrons. The Balaban J connectivity index is 0.000000341. The van der Waals surface area contributed by atoms with E-state index in [1.54, 1.807) is 21.3 Å². The Morgan fingerprint density at radius 3 is 1.28 bits per heavy atom. The molecule has 152 valence electrons. The van der Waals surface area contributed by atoms with Gasteiger partial charge in [0.1, 0.15) is 0 Å². The molecule has 6 heteroatoms. The second kappa shape index (κ2) is 17.2. The van der Waals surface area contributed by atoms with E-state index in [1.165, 1.54) is 38.5 Å². The minimum absolute atomic E-state index is 0. The third-order valence-corrected chi connectivity index (χ3v) is 4.15. The molecule has 0 aromatic rings. The molecule has 0 aliphatic carbocycles. The van der Waals surface area contributed by atoms with Gasteiger partial charge >= 0.3 is 0 Å². The summed E-state index contributed by atoms with van der Waals surface area (Å²) in [7, 11) is 5.13. The summed E-state index contributed by atoms with van der Waals surface area (Å²) in [6, 6.07) is 0. The molecular formula is C19H40O6. The highest BCUT2D eigenvalue weighted by molar-refractivity contribution is 4.64. The van der Waals surface area contributed by atoms with E-state index in [9.17, 15) is 0 Å². The Morgan fingerprint density at radius 1 is 0.600 bits per heavy atom. The molecule has 0 spiro atoms. The van der Waals surface area contributed by atoms with Crippen LogP contribution in [0.5, 0.6) is 0 Å². The fourth-order valence-corrected chi connectivity index (χ4v) is 2.69. The van der Waals surface area contributed by atoms with Gasteiger partial charge in [0.25, 0.3) is 0 Å². The molecule has 0 saturated carbocycles. The fraction of sp³-hybridized carbons (Fsp3) is 1.00. The summed E-state index contributed by atoms with van der Waals surface area (Å²) in [5.74, 6) is 0. The van der Waals surface area contributed by atoms with Crippen molar-refractivity contribution in [1.82, 2.24) is 0 Å². The number of rotatable bonds is 6. The SMILES string of the molecule is C.COCC1CCCCO1.COCC1CCCO1.COCC1CCO1. The van der Waals surface area contributed by atoms with E-state index in [2.05, 4.69) is 0 Å². The summed E-state index contributed by atoms with van der Waals surface area (Å²) in [6.07, 6.45) is 8.42. The van der Waals surface area contributed by atoms with Crippen LogP contribution < -0.4 is 0 Å². The number of hydrogen-bond acceptors (Lipinski definition) is 6. The lowest BCUT2D eigenvalue weighted by atomic mass is 10.1. The summed E-state index contributed by atoms with van der Waals surface area (Å²) >= 11 is 0. The predicted molar refractivity (Wildman–Crippen MR) is 99.3 cm³/mol. The van der Waals surface area contributed by atoms with E-state index in [0.29, 0.717) is 18.3 Å². The molecule has 3 heterocycles. The number of methoxy groups -OCH3 is 3. The fourth-order valence-electron chi connectivity index (χ4n) is 2.69. The van der Waals surface area contributed by atoms with Gasteiger partial charge in [0.05, 0.1) is 38.1 Å². The zero-order valence-electron chi connectivity index (χ0n) is 15.7. The molecule has 3 atom stereocenters. The van der Waals surface area contributed by atoms with Crippen molar-refractivity contribution in [1.29, 1.82) is 0 Å². The lowest BCUT2D eigenvalue weighted by Crippen LogP contribution is -2.30. The van der Waals surface area contributed by atoms with Gasteiger partial charge in [-0.2, -0.15) is 0 Å². The van der Waals surface area contributed by atoms with Crippen molar-refractivity contribution < 1.29 is 28.4 Å². The maximum Gasteiger partial charge on any atom is 0.0830 e. The molecule has 3 aliphatic rings. The van der Waals surface area contributed by atoms with Crippen LogP contribution >= 0.6 is 0 Å². The van der Waals surface area contributed by atoms with Crippen molar-refractivity contribution in [3.05, 3.63) is 0 Å². The standard InChI is InChI=1S/C7H14O2.C6H12O2.C5H10O2.CH4/c1-8-6-7-4-2-3-5-9-7;1-7-5-6-3-2-4-8-6;1-6-4-5-2-3-7-5;/h7H,2-6H2,1H3;6H,2-5H2,1H3;5H,2-4H2,1H3;1H4. The third kappa shape index (κ3) is 12.7. The molecule has 0 aromatic carbocycles. The Kier molecular flexibility index (Phi) is 17.0. The lowest BCUT2D eigenvalue weighted by molar-refractivity contribution is -0.0857. The molecular weight excluding hydrogens is 324 g/mol. The van der Waals surface area contributed by atoms with E-state index in [4.69, 9.17) is 28.4 Å². The minimum atomic E-state index is 0. The predicted octanol–water partition coefficient (Wildman–Crippen LogP) is 3.07. The van der Waals surface area contributed by atoms with Crippen LogP contribution in [0.15, 0.2) is 0 Å². The van der Waals surface area contributed by atoms with Crippen molar-refractivity contribution in [2.75, 3.05) is 61.0 Å². The van der Waals surface area contributed by atoms with E-state index in [-0.39, 0.29) is 7.43 Å². The minimum Gasteiger partial charge on any atom is -0.382 e. The van der Waals surface area contributed by atoms with E-state index in [0.717, 1.165) is 39.6 Å². The molecule has 0 N–H and O–H groups in total. The monoisotopic (exact) mass is 364 g/mol. The third-order valence-electron chi connectivity index (χ3n) is 4.15. The first-order valence-electron chi connectivity index (χ1n) is 9.11. The smallest absolute Gasteiger partial charge is 0.0830 e. The number of ether oxygens (including phenoxy) is 6. The first-order chi connectivity index (χ1) is 11.8. The summed E-state index contributed by atoms with van der Waals surface area (Å²) < 4.78 is 30.4. The van der Waals surface area contributed by atoms with Gasteiger partial charge in [-0.25, -0.2) is 0 Å². The molecule has 3 unspecified atom stereocenters. The van der Waals surface area contributed by atoms with Gasteiger partial charge in [0, 0.05) is 41.2 Å². The summed E-state index contributed by atoms with van der Waals surface area (Å²) in [5, 5.41) is 0. The van der Waals surface area contributed by atoms with E-state index in [1.807, 2.05) is 0 Å². The highest BCUT2D eigenvalue weighted by atomic mass is 16.5. The lowest BCUT2D eigenvalue weighted by Gasteiger charge is -2.24. The van der Waals surface area contributed by atoms with Crippen molar-refractivity contribution in [3.63, 3.8) is 0 Å². The maximum absolute atomic E-state index is 5.39. The maximum atomic E-state index is 5.39. The molecule has 25 heavy (non-hydrogen) atoms. The molecule has 0 aromatic heterocycles. The van der Waals surface area contributed by atoms with Gasteiger partial charge < -0.3 is 28.4 Å².